The molecule has 0 spiro atoms. The molecule has 1 amide bonds. The molecule has 2 aliphatic rings. The number of carbonyl (C=O) groups is 2. The highest BCUT2D eigenvalue weighted by molar-refractivity contribution is 5.94. The maximum absolute atomic E-state index is 13.6. The molecule has 0 saturated heterocycles. The molecule has 1 saturated carbocycles. The van der Waals surface area contributed by atoms with Gasteiger partial charge in [-0.05, 0) is 56.7 Å². The van der Waals surface area contributed by atoms with E-state index < -0.39 is 11.4 Å². The molecule has 0 bridgehead atoms. The van der Waals surface area contributed by atoms with E-state index in [-0.39, 0.29) is 18.3 Å². The number of carboxylic acid groups (broad SMARTS) is 1. The number of fused-ring (bicyclic) bond motifs is 1. The van der Waals surface area contributed by atoms with Gasteiger partial charge < -0.3 is 10.4 Å². The number of rotatable bonds is 5. The van der Waals surface area contributed by atoms with Crippen molar-refractivity contribution >= 4 is 11.9 Å². The smallest absolute Gasteiger partial charge is 0.311 e. The Morgan fingerprint density at radius 1 is 1.27 bits per heavy atom. The fraction of sp³-hybridized carbons (Fsp3) is 0.421. The van der Waals surface area contributed by atoms with Crippen LogP contribution in [0.25, 0.3) is 5.69 Å². The predicted molar refractivity (Wildman–Crippen MR) is 91.8 cm³/mol. The van der Waals surface area contributed by atoms with Crippen LogP contribution in [0.4, 0.5) is 4.39 Å². The van der Waals surface area contributed by atoms with E-state index in [1.807, 2.05) is 0 Å². The second-order valence-corrected chi connectivity index (χ2v) is 7.14. The van der Waals surface area contributed by atoms with E-state index in [4.69, 9.17) is 0 Å². The van der Waals surface area contributed by atoms with E-state index in [2.05, 4.69) is 10.4 Å². The largest absolute Gasteiger partial charge is 0.481 e. The third-order valence-electron chi connectivity index (χ3n) is 5.34. The molecule has 2 N–H and O–H groups in total. The van der Waals surface area contributed by atoms with Gasteiger partial charge in [-0.2, -0.15) is 5.10 Å². The Labute approximate surface area is 150 Å². The first-order valence-electron chi connectivity index (χ1n) is 8.88. The van der Waals surface area contributed by atoms with E-state index in [1.165, 1.54) is 12.1 Å². The summed E-state index contributed by atoms with van der Waals surface area (Å²) in [5.74, 6) is -1.58. The van der Waals surface area contributed by atoms with Crippen LogP contribution in [0.5, 0.6) is 0 Å². The van der Waals surface area contributed by atoms with E-state index in [0.717, 1.165) is 36.9 Å². The molecular weight excluding hydrogens is 337 g/mol. The number of carbonyl (C=O) groups excluding carboxylic acids is 1. The average Bonchev–Trinajstić information content (AvgIpc) is 3.33. The summed E-state index contributed by atoms with van der Waals surface area (Å²) in [5, 5.41) is 16.5. The lowest BCUT2D eigenvalue weighted by Crippen LogP contribution is -2.34. The second kappa shape index (κ2) is 6.23. The lowest BCUT2D eigenvalue weighted by Gasteiger charge is -2.14. The Bertz CT molecular complexity index is 886. The van der Waals surface area contributed by atoms with Gasteiger partial charge in [0.1, 0.15) is 5.82 Å². The molecule has 6 nitrogen and oxygen atoms in total. The molecule has 2 aliphatic carbocycles. The second-order valence-electron chi connectivity index (χ2n) is 7.14. The van der Waals surface area contributed by atoms with Crippen LogP contribution in [0.2, 0.25) is 0 Å². The van der Waals surface area contributed by atoms with Crippen LogP contribution in [0, 0.1) is 11.2 Å². The number of hydrogen-bond donors (Lipinski definition) is 2. The highest BCUT2D eigenvalue weighted by Crippen LogP contribution is 2.45. The van der Waals surface area contributed by atoms with Gasteiger partial charge in [-0.1, -0.05) is 6.07 Å². The summed E-state index contributed by atoms with van der Waals surface area (Å²) < 4.78 is 15.3. The van der Waals surface area contributed by atoms with E-state index in [1.54, 1.807) is 16.8 Å². The molecule has 1 aromatic carbocycles. The van der Waals surface area contributed by atoms with Crippen molar-refractivity contribution in [2.24, 2.45) is 5.41 Å². The molecule has 26 heavy (non-hydrogen) atoms. The number of nitrogens with one attached hydrogen (secondary N) is 1. The van der Waals surface area contributed by atoms with Crippen LogP contribution < -0.4 is 5.32 Å². The fourth-order valence-corrected chi connectivity index (χ4v) is 3.55. The van der Waals surface area contributed by atoms with Crippen molar-refractivity contribution in [3.63, 3.8) is 0 Å². The van der Waals surface area contributed by atoms with Crippen molar-refractivity contribution < 1.29 is 19.1 Å². The maximum Gasteiger partial charge on any atom is 0.311 e. The molecule has 0 aliphatic heterocycles. The minimum Gasteiger partial charge on any atom is -0.481 e. The molecule has 0 radical (unpaired) electrons. The van der Waals surface area contributed by atoms with E-state index in [9.17, 15) is 19.1 Å². The third-order valence-corrected chi connectivity index (χ3v) is 5.34. The summed E-state index contributed by atoms with van der Waals surface area (Å²) in [6, 6.07) is 6.14. The number of carboxylic acids is 1. The first-order valence-corrected chi connectivity index (χ1v) is 8.88. The molecule has 1 fully saturated rings. The molecule has 1 heterocycles. The Kier molecular flexibility index (Phi) is 4.01. The molecule has 4 rings (SSSR count). The Balaban J connectivity index is 1.64. The number of nitrogens with zero attached hydrogens (tertiary/aromatic N) is 2. The number of aliphatic carboxylic acids is 1. The monoisotopic (exact) mass is 357 g/mol. The van der Waals surface area contributed by atoms with Crippen LogP contribution in [0.15, 0.2) is 24.3 Å². The number of hydrogen-bond acceptors (Lipinski definition) is 3. The normalized spacial score (nSPS) is 17.4. The van der Waals surface area contributed by atoms with Crippen LogP contribution in [-0.4, -0.2) is 33.3 Å². The summed E-state index contributed by atoms with van der Waals surface area (Å²) in [5.41, 5.74) is 1.92. The quantitative estimate of drug-likeness (QED) is 0.861. The number of benzene rings is 1. The summed E-state index contributed by atoms with van der Waals surface area (Å²) in [7, 11) is 0. The minimum absolute atomic E-state index is 0.114. The number of halogens is 1. The van der Waals surface area contributed by atoms with E-state index in [0.29, 0.717) is 24.2 Å². The Morgan fingerprint density at radius 3 is 2.73 bits per heavy atom. The summed E-state index contributed by atoms with van der Waals surface area (Å²) in [6.07, 6.45) is 4.66. The van der Waals surface area contributed by atoms with Gasteiger partial charge in [0.2, 0.25) is 0 Å². The Morgan fingerprint density at radius 2 is 2.04 bits per heavy atom. The summed E-state index contributed by atoms with van der Waals surface area (Å²) in [4.78, 5) is 24.0. The van der Waals surface area contributed by atoms with Crippen molar-refractivity contribution in [1.29, 1.82) is 0 Å². The van der Waals surface area contributed by atoms with Gasteiger partial charge in [0.25, 0.3) is 5.91 Å². The summed E-state index contributed by atoms with van der Waals surface area (Å²) in [6.45, 7) is 0.114. The fourth-order valence-electron chi connectivity index (χ4n) is 3.55. The third kappa shape index (κ3) is 2.87. The zero-order valence-electron chi connectivity index (χ0n) is 14.3. The number of amides is 1. The van der Waals surface area contributed by atoms with Crippen molar-refractivity contribution in [2.45, 2.75) is 38.5 Å². The van der Waals surface area contributed by atoms with Crippen molar-refractivity contribution in [2.75, 3.05) is 6.54 Å². The minimum atomic E-state index is -0.870. The van der Waals surface area contributed by atoms with Gasteiger partial charge in [-0.25, -0.2) is 9.07 Å². The molecular formula is C19H20FN3O3. The van der Waals surface area contributed by atoms with Crippen molar-refractivity contribution in [1.82, 2.24) is 15.1 Å². The van der Waals surface area contributed by atoms with Gasteiger partial charge in [0.15, 0.2) is 5.69 Å². The van der Waals surface area contributed by atoms with Crippen molar-refractivity contribution in [3.8, 4) is 5.69 Å². The first-order chi connectivity index (χ1) is 12.5. The molecule has 2 aromatic rings. The summed E-state index contributed by atoms with van der Waals surface area (Å²) >= 11 is 0. The highest BCUT2D eigenvalue weighted by atomic mass is 19.1. The topological polar surface area (TPSA) is 84.2 Å². The predicted octanol–water partition coefficient (Wildman–Crippen LogP) is 2.48. The SMILES string of the molecule is O=C(NCC1(C(=O)O)CC1)c1nn(-c2cccc(F)c2)c2c1CCCC2. The van der Waals surface area contributed by atoms with Crippen LogP contribution in [0.3, 0.4) is 0 Å². The van der Waals surface area contributed by atoms with Gasteiger partial charge in [-0.15, -0.1) is 0 Å². The highest BCUT2D eigenvalue weighted by Gasteiger charge is 2.50. The molecule has 0 unspecified atom stereocenters. The molecule has 7 heteroatoms. The van der Waals surface area contributed by atoms with Crippen LogP contribution in [-0.2, 0) is 17.6 Å². The van der Waals surface area contributed by atoms with E-state index >= 15 is 0 Å². The zero-order chi connectivity index (χ0) is 18.3. The molecule has 136 valence electrons. The van der Waals surface area contributed by atoms with Gasteiger partial charge in [-0.3, -0.25) is 9.59 Å². The van der Waals surface area contributed by atoms with Crippen LogP contribution in [0.1, 0.15) is 47.4 Å². The van der Waals surface area contributed by atoms with Gasteiger partial charge >= 0.3 is 5.97 Å². The lowest BCUT2D eigenvalue weighted by atomic mass is 9.95. The maximum atomic E-state index is 13.6. The first kappa shape index (κ1) is 16.8. The molecule has 0 atom stereocenters. The molecule has 1 aromatic heterocycles. The average molecular weight is 357 g/mol. The standard InChI is InChI=1S/C19H20FN3O3/c20-12-4-3-5-13(10-12)23-15-7-2-1-6-14(15)16(22-23)17(24)21-11-19(8-9-19)18(25)26/h3-5,10H,1-2,6-9,11H2,(H,21,24)(H,25,26). The number of aromatic nitrogens is 2. The Hall–Kier alpha value is -2.70. The van der Waals surface area contributed by atoms with Gasteiger partial charge in [0, 0.05) is 17.8 Å². The lowest BCUT2D eigenvalue weighted by molar-refractivity contribution is -0.143. The zero-order valence-corrected chi connectivity index (χ0v) is 14.3. The van der Waals surface area contributed by atoms with Gasteiger partial charge in [0.05, 0.1) is 11.1 Å². The van der Waals surface area contributed by atoms with Crippen LogP contribution >= 0.6 is 0 Å². The van der Waals surface area contributed by atoms with Crippen molar-refractivity contribution in [3.05, 3.63) is 47.0 Å².